The number of benzene rings is 2. The fraction of sp³-hybridized carbons (Fsp3) is 0.391. The van der Waals surface area contributed by atoms with Crippen LogP contribution in [0.5, 0.6) is 11.5 Å². The first-order valence-electron chi connectivity index (χ1n) is 10.00. The van der Waals surface area contributed by atoms with Gasteiger partial charge < -0.3 is 19.1 Å². The first-order valence-corrected chi connectivity index (χ1v) is 10.00. The second kappa shape index (κ2) is 10.1. The van der Waals surface area contributed by atoms with Crippen molar-refractivity contribution >= 4 is 11.9 Å². The summed E-state index contributed by atoms with van der Waals surface area (Å²) in [7, 11) is 3.02. The van der Waals surface area contributed by atoms with E-state index < -0.39 is 12.1 Å². The van der Waals surface area contributed by atoms with Gasteiger partial charge in [-0.2, -0.15) is 0 Å². The lowest BCUT2D eigenvalue weighted by molar-refractivity contribution is -0.141. The average molecular weight is 412 g/mol. The number of esters is 1. The molecule has 1 aliphatic heterocycles. The third-order valence-corrected chi connectivity index (χ3v) is 5.18. The van der Waals surface area contributed by atoms with Crippen molar-refractivity contribution in [2.24, 2.45) is 0 Å². The van der Waals surface area contributed by atoms with Gasteiger partial charge in [0, 0.05) is 32.7 Å². The number of methoxy groups -OCH3 is 2. The number of hydrogen-bond donors (Lipinski definition) is 0. The van der Waals surface area contributed by atoms with Crippen LogP contribution in [0.25, 0.3) is 0 Å². The van der Waals surface area contributed by atoms with Crippen molar-refractivity contribution in [1.29, 1.82) is 0 Å². The number of carbonyl (C=O) groups is 2. The number of nitrogens with zero attached hydrogens (tertiary/aromatic N) is 2. The molecule has 0 spiro atoms. The minimum absolute atomic E-state index is 0.178. The lowest BCUT2D eigenvalue weighted by Crippen LogP contribution is -2.51. The van der Waals surface area contributed by atoms with E-state index >= 15 is 0 Å². The Morgan fingerprint density at radius 2 is 1.60 bits per heavy atom. The molecule has 1 heterocycles. The highest BCUT2D eigenvalue weighted by Crippen LogP contribution is 2.28. The molecule has 0 N–H and O–H groups in total. The maximum atomic E-state index is 12.7. The van der Waals surface area contributed by atoms with E-state index in [0.29, 0.717) is 30.2 Å². The van der Waals surface area contributed by atoms with Crippen LogP contribution < -0.4 is 9.47 Å². The number of ether oxygens (including phenoxy) is 3. The summed E-state index contributed by atoms with van der Waals surface area (Å²) in [6.07, 6.45) is -0.855. The molecule has 7 nitrogen and oxygen atoms in total. The van der Waals surface area contributed by atoms with Gasteiger partial charge in [-0.05, 0) is 30.7 Å². The second-order valence-electron chi connectivity index (χ2n) is 7.20. The Balaban J connectivity index is 1.52. The van der Waals surface area contributed by atoms with E-state index in [0.717, 1.165) is 19.6 Å². The molecule has 0 aliphatic carbocycles. The molecule has 0 radical (unpaired) electrons. The van der Waals surface area contributed by atoms with Gasteiger partial charge in [0.25, 0.3) is 5.91 Å². The zero-order valence-electron chi connectivity index (χ0n) is 17.7. The molecule has 160 valence electrons. The molecule has 0 saturated carbocycles. The first kappa shape index (κ1) is 21.6. The van der Waals surface area contributed by atoms with E-state index in [1.54, 1.807) is 30.0 Å². The smallest absolute Gasteiger partial charge is 0.339 e. The van der Waals surface area contributed by atoms with Crippen LogP contribution in [-0.2, 0) is 16.1 Å². The normalized spacial score (nSPS) is 15.4. The van der Waals surface area contributed by atoms with Crippen LogP contribution >= 0.6 is 0 Å². The minimum atomic E-state index is -0.855. The van der Waals surface area contributed by atoms with Gasteiger partial charge in [-0.3, -0.25) is 9.69 Å². The Bertz CT molecular complexity index is 863. The van der Waals surface area contributed by atoms with Crippen LogP contribution in [0.15, 0.2) is 48.5 Å². The van der Waals surface area contributed by atoms with Gasteiger partial charge in [-0.25, -0.2) is 4.79 Å². The first-order chi connectivity index (χ1) is 14.5. The molecule has 1 saturated heterocycles. The van der Waals surface area contributed by atoms with E-state index in [1.165, 1.54) is 19.8 Å². The van der Waals surface area contributed by atoms with Crippen LogP contribution in [0.1, 0.15) is 22.8 Å². The zero-order chi connectivity index (χ0) is 21.5. The number of rotatable bonds is 7. The number of carbonyl (C=O) groups excluding carboxylic acids is 2. The van der Waals surface area contributed by atoms with Gasteiger partial charge in [0.05, 0.1) is 19.8 Å². The van der Waals surface area contributed by atoms with Gasteiger partial charge >= 0.3 is 5.97 Å². The number of hydrogen-bond acceptors (Lipinski definition) is 6. The summed E-state index contributed by atoms with van der Waals surface area (Å²) in [4.78, 5) is 29.3. The zero-order valence-corrected chi connectivity index (χ0v) is 17.7. The standard InChI is InChI=1S/C23H28N2O5/c1-17(30-23(27)19-9-10-20(28-2)21(15-19)29-3)22(26)25-13-11-24(12-14-25)16-18-7-5-4-6-8-18/h4-10,15,17H,11-14,16H2,1-3H3. The predicted molar refractivity (Wildman–Crippen MR) is 113 cm³/mol. The van der Waals surface area contributed by atoms with Gasteiger partial charge in [-0.15, -0.1) is 0 Å². The monoisotopic (exact) mass is 412 g/mol. The summed E-state index contributed by atoms with van der Waals surface area (Å²) >= 11 is 0. The van der Waals surface area contributed by atoms with Crippen molar-refractivity contribution < 1.29 is 23.8 Å². The Hall–Kier alpha value is -3.06. The van der Waals surface area contributed by atoms with Gasteiger partial charge in [0.2, 0.25) is 0 Å². The highest BCUT2D eigenvalue weighted by molar-refractivity contribution is 5.92. The lowest BCUT2D eigenvalue weighted by Gasteiger charge is -2.35. The molecule has 0 aromatic heterocycles. The molecular formula is C23H28N2O5. The molecule has 0 bridgehead atoms. The maximum absolute atomic E-state index is 12.7. The largest absolute Gasteiger partial charge is 0.493 e. The summed E-state index contributed by atoms with van der Waals surface area (Å²) < 4.78 is 15.8. The van der Waals surface area contributed by atoms with Crippen LogP contribution in [0.3, 0.4) is 0 Å². The van der Waals surface area contributed by atoms with Gasteiger partial charge in [-0.1, -0.05) is 30.3 Å². The fourth-order valence-electron chi connectivity index (χ4n) is 3.47. The fourth-order valence-corrected chi connectivity index (χ4v) is 3.47. The van der Waals surface area contributed by atoms with E-state index in [-0.39, 0.29) is 5.91 Å². The SMILES string of the molecule is COc1ccc(C(=O)OC(C)C(=O)N2CCN(Cc3ccccc3)CC2)cc1OC. The Morgan fingerprint density at radius 1 is 0.933 bits per heavy atom. The lowest BCUT2D eigenvalue weighted by atomic mass is 10.2. The molecule has 1 amide bonds. The molecule has 1 unspecified atom stereocenters. The van der Waals surface area contributed by atoms with Crippen LogP contribution in [-0.4, -0.2) is 68.2 Å². The Kier molecular flexibility index (Phi) is 7.30. The molecule has 2 aromatic carbocycles. The van der Waals surface area contributed by atoms with Gasteiger partial charge in [0.1, 0.15) is 0 Å². The highest BCUT2D eigenvalue weighted by Gasteiger charge is 2.27. The summed E-state index contributed by atoms with van der Waals surface area (Å²) in [6, 6.07) is 15.0. The predicted octanol–water partition coefficient (Wildman–Crippen LogP) is 2.59. The van der Waals surface area contributed by atoms with E-state index in [9.17, 15) is 9.59 Å². The van der Waals surface area contributed by atoms with Crippen molar-refractivity contribution in [2.45, 2.75) is 19.6 Å². The summed E-state index contributed by atoms with van der Waals surface area (Å²) in [5, 5.41) is 0. The topological polar surface area (TPSA) is 68.3 Å². The van der Waals surface area contributed by atoms with Crippen molar-refractivity contribution in [3.05, 3.63) is 59.7 Å². The summed E-state index contributed by atoms with van der Waals surface area (Å²) in [6.45, 7) is 5.28. The van der Waals surface area contributed by atoms with Crippen molar-refractivity contribution in [1.82, 2.24) is 9.80 Å². The van der Waals surface area contributed by atoms with E-state index in [2.05, 4.69) is 17.0 Å². The third kappa shape index (κ3) is 5.30. The molecule has 7 heteroatoms. The third-order valence-electron chi connectivity index (χ3n) is 5.18. The molecule has 30 heavy (non-hydrogen) atoms. The van der Waals surface area contributed by atoms with Crippen molar-refractivity contribution in [3.8, 4) is 11.5 Å². The molecule has 1 atom stereocenters. The van der Waals surface area contributed by atoms with Crippen molar-refractivity contribution in [3.63, 3.8) is 0 Å². The average Bonchev–Trinajstić information content (AvgIpc) is 2.79. The summed E-state index contributed by atoms with van der Waals surface area (Å²) in [5.41, 5.74) is 1.56. The Morgan fingerprint density at radius 3 is 2.23 bits per heavy atom. The molecule has 1 aliphatic rings. The molecular weight excluding hydrogens is 384 g/mol. The number of amides is 1. The van der Waals surface area contributed by atoms with Crippen LogP contribution in [0.2, 0.25) is 0 Å². The Labute approximate surface area is 177 Å². The second-order valence-corrected chi connectivity index (χ2v) is 7.20. The molecule has 3 rings (SSSR count). The quantitative estimate of drug-likeness (QED) is 0.651. The van der Waals surface area contributed by atoms with Crippen molar-refractivity contribution in [2.75, 3.05) is 40.4 Å². The van der Waals surface area contributed by atoms with E-state index in [4.69, 9.17) is 14.2 Å². The van der Waals surface area contributed by atoms with Gasteiger partial charge in [0.15, 0.2) is 17.6 Å². The minimum Gasteiger partial charge on any atom is -0.493 e. The molecule has 1 fully saturated rings. The van der Waals surface area contributed by atoms with Crippen LogP contribution in [0, 0.1) is 0 Å². The summed E-state index contributed by atoms with van der Waals surface area (Å²) in [5.74, 6) is 0.203. The number of piperazine rings is 1. The van der Waals surface area contributed by atoms with Crippen LogP contribution in [0.4, 0.5) is 0 Å². The highest BCUT2D eigenvalue weighted by atomic mass is 16.5. The molecule has 2 aromatic rings. The van der Waals surface area contributed by atoms with E-state index in [1.807, 2.05) is 18.2 Å². The maximum Gasteiger partial charge on any atom is 0.339 e.